The van der Waals surface area contributed by atoms with E-state index >= 15 is 0 Å². The van der Waals surface area contributed by atoms with Crippen LogP contribution in [-0.4, -0.2) is 16.7 Å². The lowest BCUT2D eigenvalue weighted by molar-refractivity contribution is -0.487. The Morgan fingerprint density at radius 1 is 1.12 bits per heavy atom. The second kappa shape index (κ2) is 5.29. The monoisotopic (exact) mass is 236 g/mol. The summed E-state index contributed by atoms with van der Waals surface area (Å²) in [6.45, 7) is 0. The summed E-state index contributed by atoms with van der Waals surface area (Å²) in [5, 5.41) is 0.693. The van der Waals surface area contributed by atoms with Crippen LogP contribution in [0.3, 0.4) is 0 Å². The van der Waals surface area contributed by atoms with Crippen molar-refractivity contribution in [2.75, 3.05) is 0 Å². The van der Waals surface area contributed by atoms with Gasteiger partial charge in [0.2, 0.25) is 5.69 Å². The second-order valence-electron chi connectivity index (χ2n) is 4.23. The zero-order valence-electron chi connectivity index (χ0n) is 9.16. The minimum Gasteiger partial charge on any atom is -0.159 e. The van der Waals surface area contributed by atoms with Gasteiger partial charge in [-0.2, -0.15) is 4.79 Å². The Kier molecular flexibility index (Phi) is 3.76. The fraction of sp³-hybridized carbons (Fsp3) is 0.462. The van der Waals surface area contributed by atoms with Gasteiger partial charge in [-0.05, 0) is 25.0 Å². The summed E-state index contributed by atoms with van der Waals surface area (Å²) in [6.07, 6.45) is 7.90. The molecule has 1 aliphatic rings. The summed E-state index contributed by atoms with van der Waals surface area (Å²) in [5.41, 5.74) is 0.895. The first-order valence-corrected chi connectivity index (χ1v) is 6.11. The van der Waals surface area contributed by atoms with E-state index in [0.29, 0.717) is 11.1 Å². The van der Waals surface area contributed by atoms with E-state index in [0.717, 1.165) is 18.5 Å². The fourth-order valence-corrected chi connectivity index (χ4v) is 2.40. The Bertz CT molecular complexity index is 400. The summed E-state index contributed by atoms with van der Waals surface area (Å²) in [6, 6.07) is 7.69. The van der Waals surface area contributed by atoms with Gasteiger partial charge in [0.1, 0.15) is 0 Å². The molecule has 1 aliphatic carbocycles. The maximum Gasteiger partial charge on any atom is 0.430 e. The minimum absolute atomic E-state index is 0.312. The third-order valence-electron chi connectivity index (χ3n) is 3.14. The van der Waals surface area contributed by atoms with Gasteiger partial charge in [0.05, 0.1) is 0 Å². The molecule has 2 nitrogen and oxygen atoms in total. The average molecular weight is 237 g/mol. The van der Waals surface area contributed by atoms with Crippen LogP contribution in [0.15, 0.2) is 24.3 Å². The van der Waals surface area contributed by atoms with Crippen molar-refractivity contribution in [2.24, 2.45) is 0 Å². The van der Waals surface area contributed by atoms with E-state index in [9.17, 15) is 4.79 Å². The van der Waals surface area contributed by atoms with Crippen molar-refractivity contribution in [3.63, 3.8) is 0 Å². The van der Waals surface area contributed by atoms with Gasteiger partial charge in [0, 0.05) is 30.0 Å². The number of hydrogen-bond donors (Lipinski definition) is 0. The topological polar surface area (TPSA) is 20.1 Å². The van der Waals surface area contributed by atoms with Gasteiger partial charge in [-0.15, -0.1) is 4.58 Å². The highest BCUT2D eigenvalue weighted by molar-refractivity contribution is 6.30. The third-order valence-corrected chi connectivity index (χ3v) is 3.39. The first kappa shape index (κ1) is 11.4. The highest BCUT2D eigenvalue weighted by Gasteiger charge is 2.26. The van der Waals surface area contributed by atoms with Crippen molar-refractivity contribution in [1.82, 2.24) is 0 Å². The molecule has 0 N–H and O–H groups in total. The van der Waals surface area contributed by atoms with E-state index in [1.165, 1.54) is 19.3 Å². The maximum atomic E-state index is 11.1. The van der Waals surface area contributed by atoms with E-state index in [-0.39, 0.29) is 0 Å². The van der Waals surface area contributed by atoms with Crippen LogP contribution in [0.1, 0.15) is 32.1 Å². The minimum atomic E-state index is 0.312. The van der Waals surface area contributed by atoms with Crippen molar-refractivity contribution in [3.8, 4) is 0 Å². The van der Waals surface area contributed by atoms with Crippen LogP contribution in [0, 0.1) is 0 Å². The molecule has 0 bridgehead atoms. The molecule has 1 saturated carbocycles. The van der Waals surface area contributed by atoms with Gasteiger partial charge < -0.3 is 0 Å². The third kappa shape index (κ3) is 2.52. The predicted octanol–water partition coefficient (Wildman–Crippen LogP) is 3.65. The molecule has 0 spiro atoms. The molecule has 3 heteroatoms. The molecule has 2 rings (SSSR count). The molecule has 1 aromatic carbocycles. The Hall–Kier alpha value is -1.11. The molecule has 0 saturated heterocycles. The number of nitrogens with zero attached hydrogens (tertiary/aromatic N) is 1. The van der Waals surface area contributed by atoms with Crippen LogP contribution in [0.4, 0.5) is 5.69 Å². The molecule has 0 aliphatic heterocycles. The predicted molar refractivity (Wildman–Crippen MR) is 63.9 cm³/mol. The van der Waals surface area contributed by atoms with E-state index in [4.69, 9.17) is 11.6 Å². The second-order valence-corrected chi connectivity index (χ2v) is 4.67. The molecular weight excluding hydrogens is 222 g/mol. The van der Waals surface area contributed by atoms with Crippen LogP contribution in [0.5, 0.6) is 0 Å². The smallest absolute Gasteiger partial charge is 0.159 e. The van der Waals surface area contributed by atoms with E-state index in [2.05, 4.69) is 0 Å². The number of isocyanates is 1. The first-order valence-electron chi connectivity index (χ1n) is 5.74. The summed E-state index contributed by atoms with van der Waals surface area (Å²) in [7, 11) is 0. The van der Waals surface area contributed by atoms with E-state index < -0.39 is 0 Å². The zero-order valence-corrected chi connectivity index (χ0v) is 9.91. The molecule has 84 valence electrons. The molecule has 0 unspecified atom stereocenters. The van der Waals surface area contributed by atoms with E-state index in [1.54, 1.807) is 4.58 Å². The lowest BCUT2D eigenvalue weighted by Crippen LogP contribution is -2.24. The molecule has 0 heterocycles. The molecule has 0 atom stereocenters. The quantitative estimate of drug-likeness (QED) is 0.436. The summed E-state index contributed by atoms with van der Waals surface area (Å²) in [4.78, 5) is 11.1. The fourth-order valence-electron chi connectivity index (χ4n) is 2.28. The van der Waals surface area contributed by atoms with Gasteiger partial charge in [0.15, 0.2) is 6.04 Å². The van der Waals surface area contributed by atoms with Crippen LogP contribution < -0.4 is 0 Å². The first-order chi connectivity index (χ1) is 7.81. The Morgan fingerprint density at radius 2 is 1.75 bits per heavy atom. The van der Waals surface area contributed by atoms with Crippen molar-refractivity contribution in [1.29, 1.82) is 0 Å². The SMILES string of the molecule is O=C=[N+](c1ccc(Cl)cc1)C1CCCCC1. The van der Waals surface area contributed by atoms with Gasteiger partial charge >= 0.3 is 6.08 Å². The highest BCUT2D eigenvalue weighted by atomic mass is 35.5. The standard InChI is InChI=1S/C13H15ClNO/c14-11-6-8-13(9-7-11)15(10-16)12-4-2-1-3-5-12/h6-9,12H,1-5H2/q+1. The molecule has 0 radical (unpaired) electrons. The lowest BCUT2D eigenvalue weighted by Gasteiger charge is -2.16. The Labute approximate surface area is 101 Å². The maximum absolute atomic E-state index is 11.1. The largest absolute Gasteiger partial charge is 0.430 e. The summed E-state index contributed by atoms with van der Waals surface area (Å²) in [5.74, 6) is 0. The Balaban J connectivity index is 2.22. The molecular formula is C13H15ClNO+. The molecule has 0 aromatic heterocycles. The van der Waals surface area contributed by atoms with Gasteiger partial charge in [-0.1, -0.05) is 18.0 Å². The normalized spacial score (nSPS) is 16.8. The molecule has 0 amide bonds. The summed E-state index contributed by atoms with van der Waals surface area (Å²) >= 11 is 5.83. The molecule has 1 aromatic rings. The number of rotatable bonds is 2. The Morgan fingerprint density at radius 3 is 2.31 bits per heavy atom. The van der Waals surface area contributed by atoms with Crippen LogP contribution >= 0.6 is 11.6 Å². The molecule has 16 heavy (non-hydrogen) atoms. The van der Waals surface area contributed by atoms with Crippen molar-refractivity contribution >= 4 is 23.4 Å². The van der Waals surface area contributed by atoms with Gasteiger partial charge in [-0.25, -0.2) is 0 Å². The lowest BCUT2D eigenvalue weighted by atomic mass is 9.95. The highest BCUT2D eigenvalue weighted by Crippen LogP contribution is 2.25. The molecule has 1 fully saturated rings. The zero-order chi connectivity index (χ0) is 11.4. The van der Waals surface area contributed by atoms with Crippen molar-refractivity contribution < 1.29 is 9.37 Å². The van der Waals surface area contributed by atoms with Crippen LogP contribution in [0.25, 0.3) is 0 Å². The average Bonchev–Trinajstić information content (AvgIpc) is 2.34. The number of benzene rings is 1. The summed E-state index contributed by atoms with van der Waals surface area (Å²) < 4.78 is 1.72. The van der Waals surface area contributed by atoms with Crippen molar-refractivity contribution in [3.05, 3.63) is 29.3 Å². The van der Waals surface area contributed by atoms with Crippen LogP contribution in [-0.2, 0) is 4.79 Å². The van der Waals surface area contributed by atoms with Gasteiger partial charge in [-0.3, -0.25) is 0 Å². The van der Waals surface area contributed by atoms with E-state index in [1.807, 2.05) is 30.3 Å². The van der Waals surface area contributed by atoms with Gasteiger partial charge in [0.25, 0.3) is 0 Å². The number of carbonyl (C=O) groups excluding carboxylic acids is 1. The number of halogens is 1. The number of hydrogen-bond acceptors (Lipinski definition) is 1. The van der Waals surface area contributed by atoms with Crippen molar-refractivity contribution in [2.45, 2.75) is 38.1 Å². The van der Waals surface area contributed by atoms with Crippen LogP contribution in [0.2, 0.25) is 5.02 Å².